The molecule has 1 amide bonds. The Morgan fingerprint density at radius 3 is 2.37 bits per heavy atom. The van der Waals surface area contributed by atoms with Crippen molar-refractivity contribution in [3.63, 3.8) is 0 Å². The number of ether oxygens (including phenoxy) is 2. The van der Waals surface area contributed by atoms with Crippen molar-refractivity contribution in [2.45, 2.75) is 64.2 Å². The summed E-state index contributed by atoms with van der Waals surface area (Å²) in [6.07, 6.45) is 1.69. The van der Waals surface area contributed by atoms with Gasteiger partial charge in [0.2, 0.25) is 0 Å². The number of hydrogen-bond acceptors (Lipinski definition) is 4. The normalized spacial score (nSPS) is 30.8. The van der Waals surface area contributed by atoms with Crippen LogP contribution in [0.2, 0.25) is 0 Å². The summed E-state index contributed by atoms with van der Waals surface area (Å²) in [4.78, 5) is 12.0. The first kappa shape index (κ1) is 14.6. The maximum absolute atomic E-state index is 12.0. The summed E-state index contributed by atoms with van der Waals surface area (Å²) in [7, 11) is 0. The van der Waals surface area contributed by atoms with Crippen LogP contribution in [-0.4, -0.2) is 41.7 Å². The van der Waals surface area contributed by atoms with E-state index >= 15 is 0 Å². The van der Waals surface area contributed by atoms with Crippen LogP contribution in [0.3, 0.4) is 0 Å². The number of amides is 1. The fraction of sp³-hybridized carbons (Fsp3) is 0.929. The van der Waals surface area contributed by atoms with Crippen LogP contribution in [-0.2, 0) is 9.47 Å². The molecule has 2 atom stereocenters. The molecule has 2 unspecified atom stereocenters. The van der Waals surface area contributed by atoms with E-state index < -0.39 is 23.3 Å². The number of hydrogen-bond donors (Lipinski definition) is 2. The van der Waals surface area contributed by atoms with Gasteiger partial charge >= 0.3 is 6.09 Å². The summed E-state index contributed by atoms with van der Waals surface area (Å²) in [6.45, 7) is 8.38. The average Bonchev–Trinajstić information content (AvgIpc) is 2.93. The zero-order valence-electron chi connectivity index (χ0n) is 12.3. The first-order chi connectivity index (χ1) is 8.71. The molecule has 0 aromatic rings. The molecule has 1 saturated carbocycles. The molecule has 2 rings (SSSR count). The minimum absolute atomic E-state index is 0.250. The van der Waals surface area contributed by atoms with Crippen molar-refractivity contribution in [1.82, 2.24) is 5.32 Å². The Balaban J connectivity index is 2.11. The highest BCUT2D eigenvalue weighted by atomic mass is 16.6. The number of carbonyl (C=O) groups excluding carboxylic acids is 1. The Labute approximate surface area is 114 Å². The molecule has 110 valence electrons. The molecule has 0 aromatic carbocycles. The molecule has 19 heavy (non-hydrogen) atoms. The molecule has 0 spiro atoms. The fourth-order valence-corrected chi connectivity index (χ4v) is 3.11. The van der Waals surface area contributed by atoms with Gasteiger partial charge in [0.25, 0.3) is 0 Å². The lowest BCUT2D eigenvalue weighted by atomic mass is 9.76. The fourth-order valence-electron chi connectivity index (χ4n) is 3.11. The first-order valence-electron chi connectivity index (χ1n) is 6.98. The Morgan fingerprint density at radius 2 is 2.00 bits per heavy atom. The van der Waals surface area contributed by atoms with E-state index in [0.29, 0.717) is 13.2 Å². The van der Waals surface area contributed by atoms with Crippen LogP contribution in [0, 0.1) is 5.41 Å². The smallest absolute Gasteiger partial charge is 0.408 e. The second-order valence-corrected chi connectivity index (χ2v) is 6.84. The predicted molar refractivity (Wildman–Crippen MR) is 70.9 cm³/mol. The molecule has 5 nitrogen and oxygen atoms in total. The molecule has 2 N–H and O–H groups in total. The number of carbonyl (C=O) groups is 1. The molecule has 1 aliphatic heterocycles. The van der Waals surface area contributed by atoms with Crippen LogP contribution in [0.4, 0.5) is 4.79 Å². The summed E-state index contributed by atoms with van der Waals surface area (Å²) in [5, 5.41) is 13.1. The van der Waals surface area contributed by atoms with E-state index in [1.54, 1.807) is 6.92 Å². The van der Waals surface area contributed by atoms with Gasteiger partial charge in [-0.1, -0.05) is 0 Å². The quantitative estimate of drug-likeness (QED) is 0.821. The van der Waals surface area contributed by atoms with Gasteiger partial charge in [-0.2, -0.15) is 0 Å². The van der Waals surface area contributed by atoms with E-state index in [2.05, 4.69) is 5.32 Å². The second-order valence-electron chi connectivity index (χ2n) is 6.84. The largest absolute Gasteiger partial charge is 0.444 e. The minimum Gasteiger partial charge on any atom is -0.444 e. The molecule has 0 bridgehead atoms. The lowest BCUT2D eigenvalue weighted by Crippen LogP contribution is -2.59. The van der Waals surface area contributed by atoms with E-state index in [0.717, 1.165) is 19.3 Å². The number of rotatable bonds is 3. The molecule has 2 fully saturated rings. The van der Waals surface area contributed by atoms with E-state index in [1.165, 1.54) is 0 Å². The molecule has 5 heteroatoms. The predicted octanol–water partition coefficient (Wildman–Crippen LogP) is 1.83. The van der Waals surface area contributed by atoms with Crippen molar-refractivity contribution in [2.75, 3.05) is 13.2 Å². The van der Waals surface area contributed by atoms with Gasteiger partial charge in [0.05, 0.1) is 18.2 Å². The van der Waals surface area contributed by atoms with Crippen molar-refractivity contribution in [1.29, 1.82) is 0 Å². The number of nitrogens with one attached hydrogen (secondary N) is 1. The van der Waals surface area contributed by atoms with Gasteiger partial charge in [0.1, 0.15) is 5.60 Å². The van der Waals surface area contributed by atoms with Gasteiger partial charge in [0.15, 0.2) is 0 Å². The van der Waals surface area contributed by atoms with Crippen molar-refractivity contribution < 1.29 is 19.4 Å². The summed E-state index contributed by atoms with van der Waals surface area (Å²) < 4.78 is 10.8. The summed E-state index contributed by atoms with van der Waals surface area (Å²) in [5.41, 5.74) is -1.25. The first-order valence-corrected chi connectivity index (χ1v) is 6.98. The number of aliphatic hydroxyl groups excluding tert-OH is 1. The van der Waals surface area contributed by atoms with E-state index in [9.17, 15) is 9.90 Å². The monoisotopic (exact) mass is 271 g/mol. The second kappa shape index (κ2) is 4.63. The Bertz CT molecular complexity index is 349. The molecule has 2 aliphatic rings. The van der Waals surface area contributed by atoms with Crippen molar-refractivity contribution >= 4 is 6.09 Å². The highest BCUT2D eigenvalue weighted by Crippen LogP contribution is 2.59. The van der Waals surface area contributed by atoms with Gasteiger partial charge < -0.3 is 19.9 Å². The standard InChI is InChI=1S/C14H25NO4/c1-10(16)13(5-6-13)14(7-8-18-9-14)15-11(17)19-12(2,3)4/h10,16H,5-9H2,1-4H3,(H,15,17). The Morgan fingerprint density at radius 1 is 1.37 bits per heavy atom. The highest BCUT2D eigenvalue weighted by molar-refractivity contribution is 5.69. The summed E-state index contributed by atoms with van der Waals surface area (Å²) in [5.74, 6) is 0. The average molecular weight is 271 g/mol. The molecule has 1 aliphatic carbocycles. The van der Waals surface area contributed by atoms with E-state index in [-0.39, 0.29) is 5.41 Å². The maximum atomic E-state index is 12.0. The summed E-state index contributed by atoms with van der Waals surface area (Å²) >= 11 is 0. The zero-order valence-corrected chi connectivity index (χ0v) is 12.3. The SMILES string of the molecule is CC(O)C1(C2(NC(=O)OC(C)(C)C)CCOC2)CC1. The third-order valence-corrected chi connectivity index (χ3v) is 4.30. The van der Waals surface area contributed by atoms with Gasteiger partial charge in [-0.3, -0.25) is 0 Å². The van der Waals surface area contributed by atoms with Gasteiger partial charge in [-0.15, -0.1) is 0 Å². The van der Waals surface area contributed by atoms with Crippen LogP contribution in [0.15, 0.2) is 0 Å². The van der Waals surface area contributed by atoms with Gasteiger partial charge in [0, 0.05) is 12.0 Å². The zero-order chi connectivity index (χ0) is 14.3. The van der Waals surface area contributed by atoms with E-state index in [4.69, 9.17) is 9.47 Å². The lowest BCUT2D eigenvalue weighted by Gasteiger charge is -2.39. The summed E-state index contributed by atoms with van der Waals surface area (Å²) in [6, 6.07) is 0. The highest BCUT2D eigenvalue weighted by Gasteiger charge is 2.64. The molecule has 1 heterocycles. The Hall–Kier alpha value is -0.810. The molecule has 1 saturated heterocycles. The molecule has 0 aromatic heterocycles. The molecule has 0 radical (unpaired) electrons. The van der Waals surface area contributed by atoms with Crippen LogP contribution in [0.25, 0.3) is 0 Å². The Kier molecular flexibility index (Phi) is 3.56. The topological polar surface area (TPSA) is 67.8 Å². The number of alkyl carbamates (subject to hydrolysis) is 1. The lowest BCUT2D eigenvalue weighted by molar-refractivity contribution is 0.00787. The maximum Gasteiger partial charge on any atom is 0.408 e. The van der Waals surface area contributed by atoms with Crippen LogP contribution < -0.4 is 5.32 Å². The number of aliphatic hydroxyl groups is 1. The van der Waals surface area contributed by atoms with Gasteiger partial charge in [-0.05, 0) is 47.0 Å². The van der Waals surface area contributed by atoms with Crippen LogP contribution in [0.1, 0.15) is 47.0 Å². The van der Waals surface area contributed by atoms with Crippen LogP contribution >= 0.6 is 0 Å². The van der Waals surface area contributed by atoms with Gasteiger partial charge in [-0.25, -0.2) is 4.79 Å². The third-order valence-electron chi connectivity index (χ3n) is 4.30. The van der Waals surface area contributed by atoms with E-state index in [1.807, 2.05) is 20.8 Å². The molecular weight excluding hydrogens is 246 g/mol. The molecular formula is C14H25NO4. The van der Waals surface area contributed by atoms with Crippen LogP contribution in [0.5, 0.6) is 0 Å². The minimum atomic E-state index is -0.522. The van der Waals surface area contributed by atoms with Crippen molar-refractivity contribution in [2.24, 2.45) is 5.41 Å². The van der Waals surface area contributed by atoms with Crippen molar-refractivity contribution in [3.8, 4) is 0 Å². The van der Waals surface area contributed by atoms with Crippen molar-refractivity contribution in [3.05, 3.63) is 0 Å². The third kappa shape index (κ3) is 2.72.